The Bertz CT molecular complexity index is 347. The van der Waals surface area contributed by atoms with E-state index in [1.54, 1.807) is 0 Å². The van der Waals surface area contributed by atoms with Gasteiger partial charge in [-0.1, -0.05) is 0 Å². The summed E-state index contributed by atoms with van der Waals surface area (Å²) in [4.78, 5) is 11.0. The number of hydrogen-bond donors (Lipinski definition) is 1. The number of benzene rings is 1. The minimum atomic E-state index is -0.660. The van der Waals surface area contributed by atoms with E-state index in [1.165, 1.54) is 20.1 Å². The Balaban J connectivity index is 3.28. The van der Waals surface area contributed by atoms with Gasteiger partial charge in [0.05, 0.1) is 12.7 Å². The van der Waals surface area contributed by atoms with Crippen molar-refractivity contribution >= 4 is 5.97 Å². The van der Waals surface area contributed by atoms with Crippen molar-refractivity contribution < 1.29 is 19.0 Å². The molecule has 0 radical (unpaired) electrons. The highest BCUT2D eigenvalue weighted by atomic mass is 19.1. The van der Waals surface area contributed by atoms with Crippen molar-refractivity contribution in [3.05, 3.63) is 29.1 Å². The zero-order valence-electron chi connectivity index (χ0n) is 7.30. The number of phenolic OH excluding ortho intramolecular Hbond substituents is 1. The van der Waals surface area contributed by atoms with Crippen molar-refractivity contribution in [3.8, 4) is 5.75 Å². The van der Waals surface area contributed by atoms with Gasteiger partial charge in [-0.3, -0.25) is 0 Å². The predicted octanol–water partition coefficient (Wildman–Crippen LogP) is 1.63. The second kappa shape index (κ2) is 3.43. The van der Waals surface area contributed by atoms with Gasteiger partial charge in [0.2, 0.25) is 0 Å². The third kappa shape index (κ3) is 1.77. The molecule has 13 heavy (non-hydrogen) atoms. The maximum Gasteiger partial charge on any atom is 0.338 e. The molecule has 1 aromatic rings. The lowest BCUT2D eigenvalue weighted by Crippen LogP contribution is -2.04. The normalized spacial score (nSPS) is 9.77. The molecule has 1 N–H and O–H groups in total. The van der Waals surface area contributed by atoms with Crippen molar-refractivity contribution in [2.75, 3.05) is 7.11 Å². The van der Waals surface area contributed by atoms with Crippen LogP contribution in [0.5, 0.6) is 5.75 Å². The van der Waals surface area contributed by atoms with Gasteiger partial charge < -0.3 is 9.84 Å². The smallest absolute Gasteiger partial charge is 0.338 e. The maximum absolute atomic E-state index is 13.0. The molecule has 0 aromatic heterocycles. The van der Waals surface area contributed by atoms with Crippen molar-refractivity contribution in [2.45, 2.75) is 6.92 Å². The first-order valence-corrected chi connectivity index (χ1v) is 3.63. The summed E-state index contributed by atoms with van der Waals surface area (Å²) < 4.78 is 17.4. The average molecular weight is 184 g/mol. The molecule has 0 amide bonds. The Morgan fingerprint density at radius 2 is 2.15 bits per heavy atom. The van der Waals surface area contributed by atoms with E-state index in [-0.39, 0.29) is 16.9 Å². The van der Waals surface area contributed by atoms with Crippen LogP contribution in [0, 0.1) is 12.7 Å². The number of esters is 1. The molecule has 0 aliphatic carbocycles. The first-order valence-electron chi connectivity index (χ1n) is 3.63. The zero-order valence-corrected chi connectivity index (χ0v) is 7.30. The lowest BCUT2D eigenvalue weighted by molar-refractivity contribution is 0.0598. The molecule has 0 aliphatic heterocycles. The molecule has 0 spiro atoms. The van der Waals surface area contributed by atoms with Crippen LogP contribution in [0.3, 0.4) is 0 Å². The van der Waals surface area contributed by atoms with E-state index in [2.05, 4.69) is 4.74 Å². The molecule has 4 heteroatoms. The number of rotatable bonds is 1. The van der Waals surface area contributed by atoms with Gasteiger partial charge in [0.25, 0.3) is 0 Å². The number of hydrogen-bond acceptors (Lipinski definition) is 3. The lowest BCUT2D eigenvalue weighted by Gasteiger charge is -2.04. The van der Waals surface area contributed by atoms with E-state index in [4.69, 9.17) is 5.11 Å². The molecule has 1 aromatic carbocycles. The van der Waals surface area contributed by atoms with Gasteiger partial charge in [-0.15, -0.1) is 0 Å². The summed E-state index contributed by atoms with van der Waals surface area (Å²) in [5.74, 6) is -1.57. The molecule has 0 heterocycles. The predicted molar refractivity (Wildman–Crippen MR) is 44.1 cm³/mol. The Morgan fingerprint density at radius 1 is 1.54 bits per heavy atom. The largest absolute Gasteiger partial charge is 0.508 e. The molecule has 70 valence electrons. The van der Waals surface area contributed by atoms with Crippen LogP contribution in [-0.4, -0.2) is 18.2 Å². The molecular formula is C9H9FO3. The van der Waals surface area contributed by atoms with Gasteiger partial charge in [0, 0.05) is 6.07 Å². The molecule has 0 unspecified atom stereocenters. The van der Waals surface area contributed by atoms with Crippen LogP contribution < -0.4 is 0 Å². The number of phenols is 1. The number of methoxy groups -OCH3 is 1. The fourth-order valence-electron chi connectivity index (χ4n) is 0.987. The van der Waals surface area contributed by atoms with Crippen molar-refractivity contribution in [1.82, 2.24) is 0 Å². The molecule has 1 rings (SSSR count). The molecule has 0 fully saturated rings. The van der Waals surface area contributed by atoms with E-state index in [0.29, 0.717) is 0 Å². The Labute approximate surface area is 74.8 Å². The molecule has 0 bridgehead atoms. The monoisotopic (exact) mass is 184 g/mol. The third-order valence-corrected chi connectivity index (χ3v) is 1.73. The number of aromatic hydroxyl groups is 1. The van der Waals surface area contributed by atoms with Crippen LogP contribution in [0.2, 0.25) is 0 Å². The van der Waals surface area contributed by atoms with Crippen molar-refractivity contribution in [2.24, 2.45) is 0 Å². The van der Waals surface area contributed by atoms with E-state index < -0.39 is 11.8 Å². The highest BCUT2D eigenvalue weighted by molar-refractivity contribution is 5.91. The van der Waals surface area contributed by atoms with E-state index in [1.807, 2.05) is 0 Å². The SMILES string of the molecule is COC(=O)c1cc(O)cc(F)c1C. The Kier molecular flexibility index (Phi) is 2.51. The van der Waals surface area contributed by atoms with Gasteiger partial charge in [-0.05, 0) is 18.6 Å². The summed E-state index contributed by atoms with van der Waals surface area (Å²) in [6.45, 7) is 1.45. The first-order chi connectivity index (χ1) is 6.06. The second-order valence-corrected chi connectivity index (χ2v) is 2.59. The quantitative estimate of drug-likeness (QED) is 0.674. The fourth-order valence-corrected chi connectivity index (χ4v) is 0.987. The summed E-state index contributed by atoms with van der Waals surface area (Å²) in [6.07, 6.45) is 0. The Hall–Kier alpha value is -1.58. The van der Waals surface area contributed by atoms with Crippen molar-refractivity contribution in [3.63, 3.8) is 0 Å². The number of halogens is 1. The molecule has 0 saturated heterocycles. The van der Waals surface area contributed by atoms with Crippen LogP contribution in [0.25, 0.3) is 0 Å². The summed E-state index contributed by atoms with van der Waals surface area (Å²) in [5, 5.41) is 9.01. The molecule has 0 saturated carbocycles. The first kappa shape index (κ1) is 9.51. The van der Waals surface area contributed by atoms with Gasteiger partial charge in [0.1, 0.15) is 11.6 Å². The summed E-state index contributed by atoms with van der Waals surface area (Å²) in [6, 6.07) is 2.12. The lowest BCUT2D eigenvalue weighted by atomic mass is 10.1. The van der Waals surface area contributed by atoms with Gasteiger partial charge >= 0.3 is 5.97 Å². The molecular weight excluding hydrogens is 175 g/mol. The highest BCUT2D eigenvalue weighted by Crippen LogP contribution is 2.20. The fraction of sp³-hybridized carbons (Fsp3) is 0.222. The topological polar surface area (TPSA) is 46.5 Å². The third-order valence-electron chi connectivity index (χ3n) is 1.73. The summed E-state index contributed by atoms with van der Waals surface area (Å²) >= 11 is 0. The highest BCUT2D eigenvalue weighted by Gasteiger charge is 2.13. The van der Waals surface area contributed by atoms with Crippen LogP contribution in [-0.2, 0) is 4.74 Å². The van der Waals surface area contributed by atoms with Crippen LogP contribution in [0.15, 0.2) is 12.1 Å². The molecule has 0 atom stereocenters. The standard InChI is InChI=1S/C9H9FO3/c1-5-7(9(12)13-2)3-6(11)4-8(5)10/h3-4,11H,1-2H3. The van der Waals surface area contributed by atoms with E-state index >= 15 is 0 Å². The number of carbonyl (C=O) groups is 1. The zero-order chi connectivity index (χ0) is 10.0. The summed E-state index contributed by atoms with van der Waals surface area (Å²) in [5.41, 5.74) is 0.213. The number of carbonyl (C=O) groups excluding carboxylic acids is 1. The van der Waals surface area contributed by atoms with Gasteiger partial charge in [-0.25, -0.2) is 9.18 Å². The molecule has 0 aliphatic rings. The van der Waals surface area contributed by atoms with Crippen molar-refractivity contribution in [1.29, 1.82) is 0 Å². The summed E-state index contributed by atoms with van der Waals surface area (Å²) in [7, 11) is 1.20. The van der Waals surface area contributed by atoms with Crippen LogP contribution in [0.4, 0.5) is 4.39 Å². The Morgan fingerprint density at radius 3 is 2.69 bits per heavy atom. The van der Waals surface area contributed by atoms with Crippen LogP contribution >= 0.6 is 0 Å². The molecule has 3 nitrogen and oxygen atoms in total. The number of ether oxygens (including phenoxy) is 1. The average Bonchev–Trinajstić information content (AvgIpc) is 2.10. The maximum atomic E-state index is 13.0. The van der Waals surface area contributed by atoms with Gasteiger partial charge in [-0.2, -0.15) is 0 Å². The van der Waals surface area contributed by atoms with Crippen LogP contribution in [0.1, 0.15) is 15.9 Å². The van der Waals surface area contributed by atoms with E-state index in [0.717, 1.165) is 6.07 Å². The minimum Gasteiger partial charge on any atom is -0.508 e. The van der Waals surface area contributed by atoms with Gasteiger partial charge in [0.15, 0.2) is 0 Å². The second-order valence-electron chi connectivity index (χ2n) is 2.59. The minimum absolute atomic E-state index is 0.0417. The van der Waals surface area contributed by atoms with E-state index in [9.17, 15) is 9.18 Å².